The average molecular weight is 254 g/mol. The number of hydrogen-bond acceptors (Lipinski definition) is 5. The standard InChI is InChI=1S/C10H14N4O4/c1-6-12-7(14-18-6)5-11-9(17)13-10(8(15)16)3-2-4-10/h2-5H2,1H3,(H,15,16)(H2,11,13,17). The minimum Gasteiger partial charge on any atom is -0.480 e. The number of aromatic nitrogens is 2. The maximum absolute atomic E-state index is 11.6. The number of carbonyl (C=O) groups is 2. The Kier molecular flexibility index (Phi) is 3.17. The van der Waals surface area contributed by atoms with E-state index in [0.717, 1.165) is 6.42 Å². The molecule has 98 valence electrons. The monoisotopic (exact) mass is 254 g/mol. The van der Waals surface area contributed by atoms with Crippen LogP contribution in [0.1, 0.15) is 31.0 Å². The highest BCUT2D eigenvalue weighted by atomic mass is 16.5. The van der Waals surface area contributed by atoms with Gasteiger partial charge in [0.1, 0.15) is 5.54 Å². The van der Waals surface area contributed by atoms with Gasteiger partial charge in [0.05, 0.1) is 6.54 Å². The van der Waals surface area contributed by atoms with Crippen LogP contribution in [0.25, 0.3) is 0 Å². The Balaban J connectivity index is 1.83. The number of rotatable bonds is 4. The van der Waals surface area contributed by atoms with E-state index >= 15 is 0 Å². The zero-order chi connectivity index (χ0) is 13.2. The summed E-state index contributed by atoms with van der Waals surface area (Å²) in [5, 5.41) is 17.6. The number of carbonyl (C=O) groups excluding carboxylic acids is 1. The zero-order valence-corrected chi connectivity index (χ0v) is 9.89. The fourth-order valence-corrected chi connectivity index (χ4v) is 1.76. The van der Waals surface area contributed by atoms with Gasteiger partial charge in [-0.05, 0) is 19.3 Å². The fraction of sp³-hybridized carbons (Fsp3) is 0.600. The maximum atomic E-state index is 11.6. The van der Waals surface area contributed by atoms with Gasteiger partial charge in [-0.15, -0.1) is 0 Å². The van der Waals surface area contributed by atoms with Gasteiger partial charge in [0, 0.05) is 6.92 Å². The second-order valence-corrected chi connectivity index (χ2v) is 4.28. The minimum atomic E-state index is -1.11. The molecule has 1 aliphatic carbocycles. The van der Waals surface area contributed by atoms with Crippen LogP contribution in [0.3, 0.4) is 0 Å². The Bertz CT molecular complexity index is 466. The molecule has 0 atom stereocenters. The summed E-state index contributed by atoms with van der Waals surface area (Å²) in [6, 6.07) is -0.542. The molecule has 2 amide bonds. The highest BCUT2D eigenvalue weighted by molar-refractivity contribution is 5.87. The van der Waals surface area contributed by atoms with E-state index < -0.39 is 17.5 Å². The number of amides is 2. The summed E-state index contributed by atoms with van der Waals surface area (Å²) in [6.07, 6.45) is 1.71. The molecule has 8 heteroatoms. The van der Waals surface area contributed by atoms with Gasteiger partial charge in [0.15, 0.2) is 5.82 Å². The van der Waals surface area contributed by atoms with Crippen molar-refractivity contribution >= 4 is 12.0 Å². The zero-order valence-electron chi connectivity index (χ0n) is 9.89. The Labute approximate surface area is 103 Å². The Morgan fingerprint density at radius 3 is 2.67 bits per heavy atom. The predicted octanol–water partition coefficient (Wildman–Crippen LogP) is 0.185. The van der Waals surface area contributed by atoms with Crippen molar-refractivity contribution in [3.8, 4) is 0 Å². The summed E-state index contributed by atoms with van der Waals surface area (Å²) < 4.78 is 4.74. The van der Waals surface area contributed by atoms with Crippen molar-refractivity contribution < 1.29 is 19.2 Å². The number of aryl methyl sites for hydroxylation is 1. The summed E-state index contributed by atoms with van der Waals surface area (Å²) in [5.41, 5.74) is -1.11. The van der Waals surface area contributed by atoms with Crippen molar-refractivity contribution in [2.24, 2.45) is 0 Å². The van der Waals surface area contributed by atoms with Crippen LogP contribution in [0, 0.1) is 6.92 Å². The molecule has 18 heavy (non-hydrogen) atoms. The topological polar surface area (TPSA) is 117 Å². The Morgan fingerprint density at radius 2 is 2.22 bits per heavy atom. The van der Waals surface area contributed by atoms with Crippen LogP contribution < -0.4 is 10.6 Å². The lowest BCUT2D eigenvalue weighted by Gasteiger charge is -2.38. The summed E-state index contributed by atoms with van der Waals surface area (Å²) >= 11 is 0. The second-order valence-electron chi connectivity index (χ2n) is 4.28. The van der Waals surface area contributed by atoms with Crippen molar-refractivity contribution in [1.29, 1.82) is 0 Å². The van der Waals surface area contributed by atoms with Crippen LogP contribution >= 0.6 is 0 Å². The van der Waals surface area contributed by atoms with Gasteiger partial charge in [-0.2, -0.15) is 4.98 Å². The number of urea groups is 1. The first-order chi connectivity index (χ1) is 8.52. The average Bonchev–Trinajstić information content (AvgIpc) is 2.66. The van der Waals surface area contributed by atoms with E-state index in [1.807, 2.05) is 0 Å². The molecule has 0 bridgehead atoms. The normalized spacial score (nSPS) is 16.7. The lowest BCUT2D eigenvalue weighted by molar-refractivity contribution is -0.148. The molecule has 1 aromatic heterocycles. The smallest absolute Gasteiger partial charge is 0.329 e. The van der Waals surface area contributed by atoms with Crippen molar-refractivity contribution in [2.75, 3.05) is 0 Å². The van der Waals surface area contributed by atoms with Crippen LogP contribution in [0.4, 0.5) is 4.79 Å². The number of carboxylic acid groups (broad SMARTS) is 1. The third kappa shape index (κ3) is 2.41. The first-order valence-corrected chi connectivity index (χ1v) is 5.60. The molecule has 3 N–H and O–H groups in total. The van der Waals surface area contributed by atoms with Crippen molar-refractivity contribution in [3.63, 3.8) is 0 Å². The Morgan fingerprint density at radius 1 is 1.50 bits per heavy atom. The van der Waals surface area contributed by atoms with Crippen molar-refractivity contribution in [3.05, 3.63) is 11.7 Å². The summed E-state index contributed by atoms with van der Waals surface area (Å²) in [5.74, 6) is -0.242. The maximum Gasteiger partial charge on any atom is 0.329 e. The number of nitrogens with one attached hydrogen (secondary N) is 2. The second kappa shape index (κ2) is 4.63. The molecule has 1 aromatic rings. The van der Waals surface area contributed by atoms with E-state index in [1.54, 1.807) is 6.92 Å². The first kappa shape index (κ1) is 12.3. The molecular formula is C10H14N4O4. The van der Waals surface area contributed by atoms with E-state index in [2.05, 4.69) is 20.8 Å². The van der Waals surface area contributed by atoms with Crippen LogP contribution in [-0.2, 0) is 11.3 Å². The van der Waals surface area contributed by atoms with Gasteiger partial charge in [-0.1, -0.05) is 5.16 Å². The van der Waals surface area contributed by atoms with Crippen LogP contribution in [0.2, 0.25) is 0 Å². The van der Waals surface area contributed by atoms with Crippen LogP contribution in [0.5, 0.6) is 0 Å². The molecular weight excluding hydrogens is 240 g/mol. The van der Waals surface area contributed by atoms with Crippen LogP contribution in [0.15, 0.2) is 4.52 Å². The van der Waals surface area contributed by atoms with Crippen molar-refractivity contribution in [2.45, 2.75) is 38.3 Å². The predicted molar refractivity (Wildman–Crippen MR) is 58.6 cm³/mol. The van der Waals surface area contributed by atoms with Crippen molar-refractivity contribution in [1.82, 2.24) is 20.8 Å². The summed E-state index contributed by atoms with van der Waals surface area (Å²) in [4.78, 5) is 26.5. The Hall–Kier alpha value is -2.12. The minimum absolute atomic E-state index is 0.0961. The lowest BCUT2D eigenvalue weighted by atomic mass is 9.77. The lowest BCUT2D eigenvalue weighted by Crippen LogP contribution is -2.61. The van der Waals surface area contributed by atoms with Gasteiger partial charge < -0.3 is 20.3 Å². The molecule has 8 nitrogen and oxygen atoms in total. The van der Waals surface area contributed by atoms with Gasteiger partial charge in [0.2, 0.25) is 5.89 Å². The van der Waals surface area contributed by atoms with Gasteiger partial charge in [-0.3, -0.25) is 0 Å². The third-order valence-corrected chi connectivity index (χ3v) is 2.95. The number of carboxylic acids is 1. The number of aliphatic carboxylic acids is 1. The summed E-state index contributed by atoms with van der Waals surface area (Å²) in [6.45, 7) is 1.74. The molecule has 1 saturated carbocycles. The van der Waals surface area contributed by atoms with Gasteiger partial charge >= 0.3 is 12.0 Å². The van der Waals surface area contributed by atoms with E-state index in [0.29, 0.717) is 24.6 Å². The van der Waals surface area contributed by atoms with E-state index in [1.165, 1.54) is 0 Å². The largest absolute Gasteiger partial charge is 0.480 e. The SMILES string of the molecule is Cc1nc(CNC(=O)NC2(C(=O)O)CCC2)no1. The van der Waals surface area contributed by atoms with Gasteiger partial charge in [0.25, 0.3) is 0 Å². The molecule has 0 radical (unpaired) electrons. The molecule has 0 unspecified atom stereocenters. The molecule has 1 heterocycles. The molecule has 2 rings (SSSR count). The summed E-state index contributed by atoms with van der Waals surface area (Å²) in [7, 11) is 0. The van der Waals surface area contributed by atoms with E-state index in [4.69, 9.17) is 9.63 Å². The highest BCUT2D eigenvalue weighted by Gasteiger charge is 2.45. The van der Waals surface area contributed by atoms with Gasteiger partial charge in [-0.25, -0.2) is 9.59 Å². The number of nitrogens with zero attached hydrogens (tertiary/aromatic N) is 2. The first-order valence-electron chi connectivity index (χ1n) is 5.60. The van der Waals surface area contributed by atoms with Crippen LogP contribution in [-0.4, -0.2) is 32.8 Å². The van der Waals surface area contributed by atoms with E-state index in [-0.39, 0.29) is 6.54 Å². The molecule has 0 saturated heterocycles. The molecule has 0 aliphatic heterocycles. The molecule has 0 spiro atoms. The number of hydrogen-bond donors (Lipinski definition) is 3. The molecule has 0 aromatic carbocycles. The van der Waals surface area contributed by atoms with E-state index in [9.17, 15) is 9.59 Å². The third-order valence-electron chi connectivity index (χ3n) is 2.95. The highest BCUT2D eigenvalue weighted by Crippen LogP contribution is 2.31. The fourth-order valence-electron chi connectivity index (χ4n) is 1.76. The molecule has 1 aliphatic rings. The quantitative estimate of drug-likeness (QED) is 0.705. The molecule has 1 fully saturated rings.